The number of carbonyl (C=O) groups is 2. The van der Waals surface area contributed by atoms with Crippen molar-refractivity contribution in [2.24, 2.45) is 0 Å². The van der Waals surface area contributed by atoms with E-state index in [9.17, 15) is 18.0 Å². The van der Waals surface area contributed by atoms with Crippen LogP contribution in [0, 0.1) is 0 Å². The van der Waals surface area contributed by atoms with Crippen molar-refractivity contribution in [2.75, 3.05) is 5.32 Å². The Balaban J connectivity index is 1.46. The van der Waals surface area contributed by atoms with Crippen molar-refractivity contribution in [3.63, 3.8) is 0 Å². The standard InChI is InChI=1S/C23H26N2O5S/c1-15-6-5-7-16(2)25(15)31(28,29)19-12-10-18(11-13-19)24-22(26)21-14-17-8-3-4-9-20(17)23(27)30-21/h3-4,8-13,15-16,21H,5-7,14H2,1-2H3,(H,24,26)/t15-,16-,21+/m1/s1. The molecule has 0 spiro atoms. The van der Waals surface area contributed by atoms with E-state index in [1.165, 1.54) is 12.1 Å². The van der Waals surface area contributed by atoms with Crippen LogP contribution in [0.15, 0.2) is 53.4 Å². The van der Waals surface area contributed by atoms with E-state index in [0.717, 1.165) is 24.8 Å². The third-order valence-corrected chi connectivity index (χ3v) is 8.14. The first kappa shape index (κ1) is 21.5. The Morgan fingerprint density at radius 1 is 1.03 bits per heavy atom. The summed E-state index contributed by atoms with van der Waals surface area (Å²) >= 11 is 0. The van der Waals surface area contributed by atoms with Gasteiger partial charge in [0.2, 0.25) is 10.0 Å². The number of fused-ring (bicyclic) bond motifs is 1. The summed E-state index contributed by atoms with van der Waals surface area (Å²) in [6.07, 6.45) is 2.09. The van der Waals surface area contributed by atoms with E-state index in [1.807, 2.05) is 19.9 Å². The molecule has 1 saturated heterocycles. The molecule has 0 aromatic heterocycles. The molecule has 4 rings (SSSR count). The first-order valence-electron chi connectivity index (χ1n) is 10.5. The third-order valence-electron chi connectivity index (χ3n) is 5.99. The predicted molar refractivity (Wildman–Crippen MR) is 116 cm³/mol. The van der Waals surface area contributed by atoms with Crippen LogP contribution in [0.5, 0.6) is 0 Å². The number of anilines is 1. The van der Waals surface area contributed by atoms with Crippen molar-refractivity contribution in [3.05, 3.63) is 59.7 Å². The minimum atomic E-state index is -3.62. The number of hydrogen-bond acceptors (Lipinski definition) is 5. The van der Waals surface area contributed by atoms with Gasteiger partial charge >= 0.3 is 5.97 Å². The Hall–Kier alpha value is -2.71. The summed E-state index contributed by atoms with van der Waals surface area (Å²) in [7, 11) is -3.62. The normalized spacial score (nSPS) is 24.2. The van der Waals surface area contributed by atoms with Crippen molar-refractivity contribution >= 4 is 27.6 Å². The second-order valence-corrected chi connectivity index (χ2v) is 10.1. The van der Waals surface area contributed by atoms with E-state index in [1.54, 1.807) is 34.6 Å². The Kier molecular flexibility index (Phi) is 5.85. The molecule has 164 valence electrons. The molecule has 2 aromatic carbocycles. The van der Waals surface area contributed by atoms with Crippen LogP contribution in [0.3, 0.4) is 0 Å². The van der Waals surface area contributed by atoms with Gasteiger partial charge in [-0.3, -0.25) is 4.79 Å². The van der Waals surface area contributed by atoms with E-state index in [4.69, 9.17) is 4.74 Å². The van der Waals surface area contributed by atoms with Crippen LogP contribution in [0.2, 0.25) is 0 Å². The second kappa shape index (κ2) is 8.43. The van der Waals surface area contributed by atoms with Crippen molar-refractivity contribution in [1.29, 1.82) is 0 Å². The second-order valence-electron chi connectivity index (χ2n) is 8.23. The highest BCUT2D eigenvalue weighted by atomic mass is 32.2. The van der Waals surface area contributed by atoms with Crippen molar-refractivity contribution in [1.82, 2.24) is 4.31 Å². The number of hydrogen-bond donors (Lipinski definition) is 1. The van der Waals surface area contributed by atoms with Gasteiger partial charge in [0, 0.05) is 24.2 Å². The van der Waals surface area contributed by atoms with Gasteiger partial charge in [-0.15, -0.1) is 0 Å². The van der Waals surface area contributed by atoms with Gasteiger partial charge in [0.15, 0.2) is 6.10 Å². The molecule has 0 unspecified atom stereocenters. The molecule has 8 heteroatoms. The van der Waals surface area contributed by atoms with Gasteiger partial charge in [-0.25, -0.2) is 13.2 Å². The summed E-state index contributed by atoms with van der Waals surface area (Å²) in [6, 6.07) is 13.1. The van der Waals surface area contributed by atoms with Crippen LogP contribution in [0.25, 0.3) is 0 Å². The van der Waals surface area contributed by atoms with Gasteiger partial charge in [-0.05, 0) is 62.6 Å². The lowest BCUT2D eigenvalue weighted by Crippen LogP contribution is -2.47. The van der Waals surface area contributed by atoms with Gasteiger partial charge in [0.05, 0.1) is 10.5 Å². The lowest BCUT2D eigenvalue weighted by atomic mass is 9.98. The summed E-state index contributed by atoms with van der Waals surface area (Å²) in [5.74, 6) is -0.968. The molecule has 2 aliphatic heterocycles. The quantitative estimate of drug-likeness (QED) is 0.733. The molecular formula is C23H26N2O5S. The van der Waals surface area contributed by atoms with Crippen LogP contribution in [-0.2, 0) is 26.0 Å². The van der Waals surface area contributed by atoms with E-state index in [2.05, 4.69) is 5.32 Å². The van der Waals surface area contributed by atoms with Gasteiger partial charge in [-0.1, -0.05) is 24.6 Å². The van der Waals surface area contributed by atoms with E-state index in [0.29, 0.717) is 17.7 Å². The highest BCUT2D eigenvalue weighted by molar-refractivity contribution is 7.89. The lowest BCUT2D eigenvalue weighted by molar-refractivity contribution is -0.125. The van der Waals surface area contributed by atoms with Crippen LogP contribution in [0.4, 0.5) is 5.69 Å². The number of cyclic esters (lactones) is 1. The number of nitrogens with zero attached hydrogens (tertiary/aromatic N) is 1. The molecule has 1 N–H and O–H groups in total. The smallest absolute Gasteiger partial charge is 0.339 e. The predicted octanol–water partition coefficient (Wildman–Crippen LogP) is 3.36. The minimum Gasteiger partial charge on any atom is -0.448 e. The fourth-order valence-electron chi connectivity index (χ4n) is 4.40. The zero-order valence-electron chi connectivity index (χ0n) is 17.6. The Bertz CT molecular complexity index is 1090. The summed E-state index contributed by atoms with van der Waals surface area (Å²) in [6.45, 7) is 3.87. The summed E-state index contributed by atoms with van der Waals surface area (Å²) in [5.41, 5.74) is 1.69. The molecule has 1 fully saturated rings. The van der Waals surface area contributed by atoms with Crippen molar-refractivity contribution in [3.8, 4) is 0 Å². The van der Waals surface area contributed by atoms with Gasteiger partial charge in [-0.2, -0.15) is 4.31 Å². The average molecular weight is 443 g/mol. The largest absolute Gasteiger partial charge is 0.448 e. The maximum absolute atomic E-state index is 13.1. The first-order valence-corrected chi connectivity index (χ1v) is 11.9. The summed E-state index contributed by atoms with van der Waals surface area (Å²) < 4.78 is 33.1. The molecule has 31 heavy (non-hydrogen) atoms. The molecule has 0 aliphatic carbocycles. The van der Waals surface area contributed by atoms with Crippen LogP contribution in [-0.4, -0.2) is 42.8 Å². The fourth-order valence-corrected chi connectivity index (χ4v) is 6.29. The van der Waals surface area contributed by atoms with Gasteiger partial charge < -0.3 is 10.1 Å². The van der Waals surface area contributed by atoms with Crippen LogP contribution in [0.1, 0.15) is 49.0 Å². The lowest BCUT2D eigenvalue weighted by Gasteiger charge is -2.37. The molecule has 3 atom stereocenters. The van der Waals surface area contributed by atoms with E-state index >= 15 is 0 Å². The van der Waals surface area contributed by atoms with E-state index < -0.39 is 28.0 Å². The molecular weight excluding hydrogens is 416 g/mol. The molecule has 2 aromatic rings. The highest BCUT2D eigenvalue weighted by Gasteiger charge is 2.36. The first-order chi connectivity index (χ1) is 14.8. The third kappa shape index (κ3) is 4.22. The monoisotopic (exact) mass is 442 g/mol. The Morgan fingerprint density at radius 3 is 2.35 bits per heavy atom. The average Bonchev–Trinajstić information content (AvgIpc) is 2.74. The maximum Gasteiger partial charge on any atom is 0.339 e. The summed E-state index contributed by atoms with van der Waals surface area (Å²) in [5, 5.41) is 2.71. The molecule has 0 radical (unpaired) electrons. The number of rotatable bonds is 4. The molecule has 2 heterocycles. The number of ether oxygens (including phenoxy) is 1. The minimum absolute atomic E-state index is 0.0444. The SMILES string of the molecule is C[C@@H]1CCC[C@@H](C)N1S(=O)(=O)c1ccc(NC(=O)[C@@H]2Cc3ccccc3C(=O)O2)cc1. The van der Waals surface area contributed by atoms with Gasteiger partial charge in [0.25, 0.3) is 5.91 Å². The number of carbonyl (C=O) groups excluding carboxylic acids is 2. The number of piperidine rings is 1. The molecule has 0 saturated carbocycles. The number of esters is 1. The highest BCUT2D eigenvalue weighted by Crippen LogP contribution is 2.30. The zero-order valence-corrected chi connectivity index (χ0v) is 18.4. The van der Waals surface area contributed by atoms with Crippen molar-refractivity contribution in [2.45, 2.75) is 62.6 Å². The van der Waals surface area contributed by atoms with Crippen LogP contribution < -0.4 is 5.32 Å². The van der Waals surface area contributed by atoms with Crippen molar-refractivity contribution < 1.29 is 22.7 Å². The van der Waals surface area contributed by atoms with Crippen LogP contribution >= 0.6 is 0 Å². The number of sulfonamides is 1. The van der Waals surface area contributed by atoms with Gasteiger partial charge in [0.1, 0.15) is 0 Å². The van der Waals surface area contributed by atoms with E-state index in [-0.39, 0.29) is 17.0 Å². The number of amides is 1. The molecule has 7 nitrogen and oxygen atoms in total. The molecule has 1 amide bonds. The molecule has 0 bridgehead atoms. The summed E-state index contributed by atoms with van der Waals surface area (Å²) in [4.78, 5) is 25.0. The Morgan fingerprint density at radius 2 is 1.68 bits per heavy atom. The fraction of sp³-hybridized carbons (Fsp3) is 0.391. The molecule has 2 aliphatic rings. The zero-order chi connectivity index (χ0) is 22.2. The number of nitrogens with one attached hydrogen (secondary N) is 1. The topological polar surface area (TPSA) is 92.8 Å². The number of benzene rings is 2. The maximum atomic E-state index is 13.1. The Labute approximate surface area is 182 Å².